The molecule has 3 heterocycles. The standard InChI is InChI=1S/C36H45ClN4O6/c1-22-17-40(18-23(2)47-22)26-16-27(21-46-28-11-9-25(10-12-28)36(44)45)41(19-26)34(42)15-24-8-13-32(31(37)14-24)38-35(43)30-20-39(3)33-7-5-4-6-29(30)33/h4-8,13-14,20,22-23,25-28H,9-12,15-19,21H2,1-3H3,(H,38,43)(H,44,45)/t22-,23+,25-,26-,27-,28-/m0/s1. The fourth-order valence-corrected chi connectivity index (χ4v) is 7.87. The highest BCUT2D eigenvalue weighted by molar-refractivity contribution is 6.34. The number of anilines is 1. The number of fused-ring (bicyclic) bond motifs is 1. The Bertz CT molecular complexity index is 1610. The average molecular weight is 665 g/mol. The van der Waals surface area contributed by atoms with Crippen LogP contribution in [0, 0.1) is 5.92 Å². The number of nitrogens with one attached hydrogen (secondary N) is 1. The Morgan fingerprint density at radius 2 is 1.74 bits per heavy atom. The van der Waals surface area contributed by atoms with E-state index in [-0.39, 0.29) is 54.5 Å². The second kappa shape index (κ2) is 14.4. The van der Waals surface area contributed by atoms with Gasteiger partial charge in [-0.2, -0.15) is 0 Å². The Labute approximate surface area is 280 Å². The summed E-state index contributed by atoms with van der Waals surface area (Å²) in [5, 5.41) is 13.5. The second-order valence-corrected chi connectivity index (χ2v) is 14.0. The van der Waals surface area contributed by atoms with Crippen LogP contribution in [0.15, 0.2) is 48.7 Å². The van der Waals surface area contributed by atoms with Crippen molar-refractivity contribution < 1.29 is 29.0 Å². The summed E-state index contributed by atoms with van der Waals surface area (Å²) in [6.45, 7) is 6.88. The molecule has 0 radical (unpaired) electrons. The van der Waals surface area contributed by atoms with Crippen molar-refractivity contribution in [2.75, 3.05) is 31.6 Å². The molecule has 2 aromatic carbocycles. The van der Waals surface area contributed by atoms with E-state index < -0.39 is 5.97 Å². The molecule has 0 bridgehead atoms. The number of halogens is 1. The highest BCUT2D eigenvalue weighted by Crippen LogP contribution is 2.31. The molecular formula is C36H45ClN4O6. The molecule has 2 amide bonds. The molecule has 6 rings (SSSR count). The molecular weight excluding hydrogens is 620 g/mol. The van der Waals surface area contributed by atoms with E-state index >= 15 is 0 Å². The summed E-state index contributed by atoms with van der Waals surface area (Å²) in [5.41, 5.74) is 2.79. The molecule has 2 N–H and O–H groups in total. The van der Waals surface area contributed by atoms with E-state index in [0.29, 0.717) is 42.3 Å². The van der Waals surface area contributed by atoms with E-state index in [1.54, 1.807) is 12.1 Å². The molecule has 11 heteroatoms. The van der Waals surface area contributed by atoms with Crippen molar-refractivity contribution in [3.05, 3.63) is 64.8 Å². The fraction of sp³-hybridized carbons (Fsp3) is 0.528. The van der Waals surface area contributed by atoms with Crippen molar-refractivity contribution in [2.24, 2.45) is 13.0 Å². The number of para-hydroxylation sites is 1. The number of rotatable bonds is 9. The van der Waals surface area contributed by atoms with Crippen LogP contribution in [0.5, 0.6) is 0 Å². The van der Waals surface area contributed by atoms with Gasteiger partial charge in [-0.3, -0.25) is 19.3 Å². The number of ether oxygens (including phenoxy) is 2. The van der Waals surface area contributed by atoms with E-state index in [2.05, 4.69) is 24.1 Å². The van der Waals surface area contributed by atoms with Crippen molar-refractivity contribution in [1.29, 1.82) is 0 Å². The van der Waals surface area contributed by atoms with Crippen LogP contribution in [0.2, 0.25) is 5.02 Å². The zero-order valence-electron chi connectivity index (χ0n) is 27.4. The maximum absolute atomic E-state index is 13.9. The summed E-state index contributed by atoms with van der Waals surface area (Å²) in [6.07, 6.45) is 5.77. The SMILES string of the molecule is C[C@@H]1CN([C@H]2C[C@@H](CO[C@H]3CC[C@H](C(=O)O)CC3)N(C(=O)Cc3ccc(NC(=O)c4cn(C)c5ccccc45)c(Cl)c3)C2)C[C@H](C)O1. The van der Waals surface area contributed by atoms with Crippen LogP contribution in [0.3, 0.4) is 0 Å². The van der Waals surface area contributed by atoms with Crippen LogP contribution in [0.25, 0.3) is 10.9 Å². The van der Waals surface area contributed by atoms with Crippen molar-refractivity contribution in [1.82, 2.24) is 14.4 Å². The Morgan fingerprint density at radius 1 is 1.02 bits per heavy atom. The minimum atomic E-state index is -0.729. The Morgan fingerprint density at radius 3 is 2.45 bits per heavy atom. The summed E-state index contributed by atoms with van der Waals surface area (Å²) in [4.78, 5) is 42.9. The molecule has 10 nitrogen and oxygen atoms in total. The number of carbonyl (C=O) groups excluding carboxylic acids is 2. The van der Waals surface area contributed by atoms with Crippen LogP contribution in [-0.4, -0.2) is 93.9 Å². The summed E-state index contributed by atoms with van der Waals surface area (Å²) >= 11 is 6.65. The van der Waals surface area contributed by atoms with Crippen LogP contribution in [0.4, 0.5) is 5.69 Å². The maximum Gasteiger partial charge on any atom is 0.306 e. The quantitative estimate of drug-likeness (QED) is 0.317. The van der Waals surface area contributed by atoms with Gasteiger partial charge in [0.15, 0.2) is 0 Å². The van der Waals surface area contributed by atoms with Crippen LogP contribution in [0.1, 0.15) is 61.9 Å². The number of hydrogen-bond donors (Lipinski definition) is 2. The number of carbonyl (C=O) groups is 3. The molecule has 1 aromatic heterocycles. The summed E-state index contributed by atoms with van der Waals surface area (Å²) < 4.78 is 14.2. The van der Waals surface area contributed by atoms with Gasteiger partial charge in [-0.15, -0.1) is 0 Å². The van der Waals surface area contributed by atoms with Gasteiger partial charge in [-0.25, -0.2) is 0 Å². The first-order chi connectivity index (χ1) is 22.5. The predicted molar refractivity (Wildman–Crippen MR) is 181 cm³/mol. The van der Waals surface area contributed by atoms with Gasteiger partial charge < -0.3 is 29.4 Å². The van der Waals surface area contributed by atoms with Crippen molar-refractivity contribution in [3.8, 4) is 0 Å². The lowest BCUT2D eigenvalue weighted by Gasteiger charge is -2.38. The number of hydrogen-bond acceptors (Lipinski definition) is 6. The van der Waals surface area contributed by atoms with Crippen molar-refractivity contribution >= 4 is 46.0 Å². The number of likely N-dealkylation sites (tertiary alicyclic amines) is 1. The van der Waals surface area contributed by atoms with Crippen molar-refractivity contribution in [3.63, 3.8) is 0 Å². The number of nitrogens with zero attached hydrogens (tertiary/aromatic N) is 3. The van der Waals surface area contributed by atoms with Crippen LogP contribution in [-0.2, 0) is 32.5 Å². The summed E-state index contributed by atoms with van der Waals surface area (Å²) in [6, 6.07) is 13.2. The van der Waals surface area contributed by atoms with Gasteiger partial charge >= 0.3 is 5.97 Å². The molecule has 47 heavy (non-hydrogen) atoms. The predicted octanol–water partition coefficient (Wildman–Crippen LogP) is 5.37. The van der Waals surface area contributed by atoms with Gasteiger partial charge in [0.05, 0.1) is 59.6 Å². The third kappa shape index (κ3) is 7.67. The number of aliphatic carboxylic acids is 1. The fourth-order valence-electron chi connectivity index (χ4n) is 7.62. The zero-order chi connectivity index (χ0) is 33.2. The van der Waals surface area contributed by atoms with Gasteiger partial charge in [0.1, 0.15) is 0 Å². The number of aromatic nitrogens is 1. The Kier molecular flexibility index (Phi) is 10.2. The van der Waals surface area contributed by atoms with Crippen molar-refractivity contribution in [2.45, 2.75) is 82.8 Å². The molecule has 3 fully saturated rings. The molecule has 4 atom stereocenters. The molecule has 1 saturated carbocycles. The molecule has 0 unspecified atom stereocenters. The second-order valence-electron chi connectivity index (χ2n) is 13.6. The van der Waals surface area contributed by atoms with E-state index in [4.69, 9.17) is 21.1 Å². The minimum absolute atomic E-state index is 0.00801. The van der Waals surface area contributed by atoms with E-state index in [0.717, 1.165) is 48.8 Å². The maximum atomic E-state index is 13.9. The lowest BCUT2D eigenvalue weighted by atomic mass is 9.87. The van der Waals surface area contributed by atoms with Gasteiger partial charge in [-0.1, -0.05) is 35.9 Å². The molecule has 2 saturated heterocycles. The topological polar surface area (TPSA) is 113 Å². The smallest absolute Gasteiger partial charge is 0.306 e. The third-order valence-corrected chi connectivity index (χ3v) is 10.3. The molecule has 3 aliphatic rings. The Balaban J connectivity index is 1.11. The first kappa shape index (κ1) is 33.5. The van der Waals surface area contributed by atoms with E-state index in [1.165, 1.54) is 0 Å². The average Bonchev–Trinajstić information content (AvgIpc) is 3.63. The monoisotopic (exact) mass is 664 g/mol. The normalized spacial score (nSPS) is 26.9. The first-order valence-corrected chi connectivity index (χ1v) is 17.1. The highest BCUT2D eigenvalue weighted by Gasteiger charge is 2.40. The van der Waals surface area contributed by atoms with Gasteiger partial charge in [0.2, 0.25) is 5.91 Å². The number of amides is 2. The lowest BCUT2D eigenvalue weighted by molar-refractivity contribution is -0.144. The number of benzene rings is 2. The summed E-state index contributed by atoms with van der Waals surface area (Å²) in [7, 11) is 1.91. The number of carboxylic acid groups (broad SMARTS) is 1. The molecule has 2 aliphatic heterocycles. The van der Waals surface area contributed by atoms with E-state index in [1.807, 2.05) is 53.0 Å². The van der Waals surface area contributed by atoms with Crippen LogP contribution >= 0.6 is 11.6 Å². The number of morpholine rings is 1. The zero-order valence-corrected chi connectivity index (χ0v) is 28.1. The van der Waals surface area contributed by atoms with E-state index in [9.17, 15) is 19.5 Å². The Hall–Kier alpha value is -3.44. The number of aryl methyl sites for hydroxylation is 1. The summed E-state index contributed by atoms with van der Waals surface area (Å²) in [5.74, 6) is -1.26. The molecule has 252 valence electrons. The number of carboxylic acids is 1. The van der Waals surface area contributed by atoms with Gasteiger partial charge in [0, 0.05) is 49.8 Å². The third-order valence-electron chi connectivity index (χ3n) is 10.0. The first-order valence-electron chi connectivity index (χ1n) is 16.7. The molecule has 0 spiro atoms. The van der Waals surface area contributed by atoms with Crippen LogP contribution < -0.4 is 5.32 Å². The minimum Gasteiger partial charge on any atom is -0.481 e. The van der Waals surface area contributed by atoms with Gasteiger partial charge in [0.25, 0.3) is 5.91 Å². The van der Waals surface area contributed by atoms with Gasteiger partial charge in [-0.05, 0) is 69.7 Å². The lowest BCUT2D eigenvalue weighted by Crippen LogP contribution is -2.51. The largest absolute Gasteiger partial charge is 0.481 e. The molecule has 1 aliphatic carbocycles. The highest BCUT2D eigenvalue weighted by atomic mass is 35.5. The molecule has 3 aromatic rings.